The number of carbonyl (C=O) groups is 2. The van der Waals surface area contributed by atoms with E-state index in [0.717, 1.165) is 17.3 Å². The number of Topliss-reactive ketones (excluding diaryl/α,β-unsaturated/α-hetero) is 1. The van der Waals surface area contributed by atoms with E-state index in [2.05, 4.69) is 10.1 Å². The van der Waals surface area contributed by atoms with Crippen molar-refractivity contribution >= 4 is 18.1 Å². The number of hydrogen-bond acceptors (Lipinski definition) is 5. The summed E-state index contributed by atoms with van der Waals surface area (Å²) in [6.45, 7) is 5.85. The third kappa shape index (κ3) is 9.28. The van der Waals surface area contributed by atoms with Crippen LogP contribution in [0.15, 0.2) is 78.9 Å². The number of benzene rings is 3. The predicted molar refractivity (Wildman–Crippen MR) is 140 cm³/mol. The lowest BCUT2D eigenvalue weighted by Gasteiger charge is -2.22. The highest BCUT2D eigenvalue weighted by Gasteiger charge is 2.26. The van der Waals surface area contributed by atoms with Crippen LogP contribution in [0.25, 0.3) is 5.53 Å². The Kier molecular flexibility index (Phi) is 9.58. The largest absolute Gasteiger partial charge is 0.485 e. The van der Waals surface area contributed by atoms with Gasteiger partial charge in [-0.2, -0.15) is 4.79 Å². The van der Waals surface area contributed by atoms with Gasteiger partial charge >= 0.3 is 12.3 Å². The molecule has 1 amide bonds. The molecule has 37 heavy (non-hydrogen) atoms. The van der Waals surface area contributed by atoms with Crippen LogP contribution in [0.5, 0.6) is 11.5 Å². The Morgan fingerprint density at radius 2 is 1.43 bits per heavy atom. The Labute approximate surface area is 216 Å². The fraction of sp³-hybridized carbons (Fsp3) is 0.276. The van der Waals surface area contributed by atoms with Crippen LogP contribution in [0.1, 0.15) is 37.5 Å². The number of carbonyl (C=O) groups excluding carboxylic acids is 2. The second-order valence-corrected chi connectivity index (χ2v) is 9.38. The average molecular weight is 502 g/mol. The number of alkyl carbamates (subject to hydrolysis) is 1. The molecule has 0 radical (unpaired) electrons. The van der Waals surface area contributed by atoms with Crippen LogP contribution in [-0.2, 0) is 29.2 Å². The summed E-state index contributed by atoms with van der Waals surface area (Å²) in [5, 5.41) is 2.56. The summed E-state index contributed by atoms with van der Waals surface area (Å²) < 4.78 is 17.4. The van der Waals surface area contributed by atoms with E-state index in [1.165, 1.54) is 0 Å². The molecule has 0 aliphatic heterocycles. The minimum Gasteiger partial charge on any atom is -0.485 e. The number of hydrogen-bond donors (Lipinski definition) is 1. The maximum atomic E-state index is 12.5. The summed E-state index contributed by atoms with van der Waals surface area (Å²) in [5.74, 6) is 0.463. The fourth-order valence-corrected chi connectivity index (χ4v) is 3.44. The topological polar surface area (TPSA) is 110 Å². The van der Waals surface area contributed by atoms with E-state index in [9.17, 15) is 9.59 Å². The van der Waals surface area contributed by atoms with E-state index >= 15 is 0 Å². The minimum absolute atomic E-state index is 0.116. The van der Waals surface area contributed by atoms with E-state index in [1.807, 2.05) is 60.7 Å². The zero-order valence-electron chi connectivity index (χ0n) is 21.2. The summed E-state index contributed by atoms with van der Waals surface area (Å²) in [5.41, 5.74) is 10.8. The van der Waals surface area contributed by atoms with Crippen LogP contribution in [0.4, 0.5) is 4.79 Å². The molecule has 0 aliphatic rings. The van der Waals surface area contributed by atoms with Gasteiger partial charge in [-0.3, -0.25) is 4.79 Å². The molecule has 1 unspecified atom stereocenters. The third-order valence-corrected chi connectivity index (χ3v) is 5.14. The van der Waals surface area contributed by atoms with E-state index in [1.54, 1.807) is 39.0 Å². The highest BCUT2D eigenvalue weighted by atomic mass is 16.6. The molecular formula is C29H31N3O5. The van der Waals surface area contributed by atoms with Crippen LogP contribution in [0, 0.1) is 0 Å². The molecule has 0 bridgehead atoms. The van der Waals surface area contributed by atoms with Crippen molar-refractivity contribution in [2.45, 2.75) is 52.0 Å². The Balaban J connectivity index is 1.82. The molecule has 8 nitrogen and oxygen atoms in total. The van der Waals surface area contributed by atoms with Crippen LogP contribution in [0.3, 0.4) is 0 Å². The monoisotopic (exact) mass is 501 g/mol. The molecule has 192 valence electrons. The summed E-state index contributed by atoms with van der Waals surface area (Å²) in [6, 6.07) is 23.8. The quantitative estimate of drug-likeness (QED) is 0.222. The molecule has 0 fully saturated rings. The highest BCUT2D eigenvalue weighted by molar-refractivity contribution is 6.28. The van der Waals surface area contributed by atoms with Crippen molar-refractivity contribution in [1.82, 2.24) is 5.32 Å². The smallest absolute Gasteiger partial charge is 0.408 e. The maximum Gasteiger partial charge on any atom is 0.408 e. The number of nitrogens with zero attached hydrogens (tertiary/aromatic N) is 2. The molecule has 1 N–H and O–H groups in total. The maximum absolute atomic E-state index is 12.5. The first kappa shape index (κ1) is 27.2. The number of amides is 1. The standard InChI is InChI=1S/C29H31N3O5/c1-29(2,3)37-28(34)32-24(25(33)18-31-30)16-23-14-15-26(35-19-21-10-6-4-7-11-21)27(17-23)36-20-22-12-8-5-9-13-22/h4-15,17-18,24H,16,19-20H2,1-3H3,(H,32,34). The zero-order valence-corrected chi connectivity index (χ0v) is 21.2. The SMILES string of the molecule is CC(C)(C)OC(=O)NC(Cc1ccc(OCc2ccccc2)c(OCc2ccccc2)c1)C(=O)C=[N+]=[N-]. The van der Waals surface area contributed by atoms with Gasteiger partial charge in [0.15, 0.2) is 11.5 Å². The van der Waals surface area contributed by atoms with E-state index in [0.29, 0.717) is 30.3 Å². The molecule has 0 aliphatic carbocycles. The Morgan fingerprint density at radius 1 is 0.865 bits per heavy atom. The number of nitrogens with one attached hydrogen (secondary N) is 1. The van der Waals surface area contributed by atoms with Gasteiger partial charge in [0.1, 0.15) is 24.9 Å². The summed E-state index contributed by atoms with van der Waals surface area (Å²) in [6.07, 6.45) is 0.122. The lowest BCUT2D eigenvalue weighted by molar-refractivity contribution is -0.118. The second kappa shape index (κ2) is 13.0. The number of ether oxygens (including phenoxy) is 3. The van der Waals surface area contributed by atoms with Crippen molar-refractivity contribution in [3.05, 3.63) is 101 Å². The highest BCUT2D eigenvalue weighted by Crippen LogP contribution is 2.30. The van der Waals surface area contributed by atoms with Gasteiger partial charge in [-0.05, 0) is 49.6 Å². The van der Waals surface area contributed by atoms with Crippen LogP contribution in [-0.4, -0.2) is 34.5 Å². The molecule has 0 spiro atoms. The van der Waals surface area contributed by atoms with E-state index in [4.69, 9.17) is 19.7 Å². The molecule has 0 heterocycles. The Bertz CT molecular complexity index is 1230. The first-order valence-corrected chi connectivity index (χ1v) is 11.9. The summed E-state index contributed by atoms with van der Waals surface area (Å²) in [7, 11) is 0. The van der Waals surface area contributed by atoms with Crippen LogP contribution in [0.2, 0.25) is 0 Å². The predicted octanol–water partition coefficient (Wildman–Crippen LogP) is 5.15. The molecule has 3 aromatic rings. The van der Waals surface area contributed by atoms with Crippen molar-refractivity contribution in [3.8, 4) is 11.5 Å². The molecule has 8 heteroatoms. The van der Waals surface area contributed by atoms with Gasteiger partial charge in [-0.15, -0.1) is 0 Å². The van der Waals surface area contributed by atoms with Crippen molar-refractivity contribution in [2.24, 2.45) is 0 Å². The molecule has 3 aromatic carbocycles. The second-order valence-electron chi connectivity index (χ2n) is 9.38. The Hall–Kier alpha value is -4.42. The van der Waals surface area contributed by atoms with Gasteiger partial charge in [0, 0.05) is 6.42 Å². The van der Waals surface area contributed by atoms with Crippen molar-refractivity contribution in [3.63, 3.8) is 0 Å². The van der Waals surface area contributed by atoms with Crippen LogP contribution >= 0.6 is 0 Å². The van der Waals surface area contributed by atoms with E-state index < -0.39 is 23.5 Å². The van der Waals surface area contributed by atoms with E-state index in [-0.39, 0.29) is 6.42 Å². The normalized spacial score (nSPS) is 11.5. The summed E-state index contributed by atoms with van der Waals surface area (Å²) in [4.78, 5) is 27.7. The third-order valence-electron chi connectivity index (χ3n) is 5.14. The minimum atomic E-state index is -1.01. The lowest BCUT2D eigenvalue weighted by atomic mass is 10.0. The number of rotatable bonds is 11. The van der Waals surface area contributed by atoms with Gasteiger partial charge in [0.25, 0.3) is 5.78 Å². The molecule has 1 atom stereocenters. The van der Waals surface area contributed by atoms with Gasteiger partial charge in [-0.1, -0.05) is 66.7 Å². The molecule has 0 saturated carbocycles. The first-order chi connectivity index (χ1) is 17.7. The molecule has 3 rings (SSSR count). The summed E-state index contributed by atoms with van der Waals surface area (Å²) >= 11 is 0. The average Bonchev–Trinajstić information content (AvgIpc) is 2.86. The van der Waals surface area contributed by atoms with Gasteiger partial charge in [-0.25, -0.2) is 4.79 Å². The molecule has 0 saturated heterocycles. The van der Waals surface area contributed by atoms with Crippen molar-refractivity contribution in [2.75, 3.05) is 0 Å². The van der Waals surface area contributed by atoms with Gasteiger partial charge in [0.05, 0.1) is 0 Å². The fourth-order valence-electron chi connectivity index (χ4n) is 3.44. The number of ketones is 1. The van der Waals surface area contributed by atoms with Crippen molar-refractivity contribution in [1.29, 1.82) is 0 Å². The van der Waals surface area contributed by atoms with Crippen LogP contribution < -0.4 is 14.8 Å². The Morgan fingerprint density at radius 3 is 1.97 bits per heavy atom. The van der Waals surface area contributed by atoms with Gasteiger partial charge < -0.3 is 25.1 Å². The van der Waals surface area contributed by atoms with Crippen molar-refractivity contribution < 1.29 is 28.6 Å². The molecule has 0 aromatic heterocycles. The zero-order chi connectivity index (χ0) is 26.7. The molecular weight excluding hydrogens is 470 g/mol. The first-order valence-electron chi connectivity index (χ1n) is 11.9. The lowest BCUT2D eigenvalue weighted by Crippen LogP contribution is -2.45. The van der Waals surface area contributed by atoms with Gasteiger partial charge in [0.2, 0.25) is 0 Å².